The second kappa shape index (κ2) is 6.59. The fraction of sp³-hybridized carbons (Fsp3) is 0.889. The van der Waals surface area contributed by atoms with Crippen LogP contribution in [-0.4, -0.2) is 24.1 Å². The molecule has 1 aliphatic carbocycles. The Morgan fingerprint density at radius 3 is 1.23 bits per heavy atom. The van der Waals surface area contributed by atoms with Crippen molar-refractivity contribution in [3.63, 3.8) is 0 Å². The van der Waals surface area contributed by atoms with E-state index in [4.69, 9.17) is 9.47 Å². The van der Waals surface area contributed by atoms with Gasteiger partial charge >= 0.3 is 11.9 Å². The van der Waals surface area contributed by atoms with Crippen molar-refractivity contribution in [2.75, 3.05) is 0 Å². The SMILES string of the molecule is CC1C(OC(=O)C(C)(C)C)CCC(OC(=O)C(C)(C)C)C1C. The predicted molar refractivity (Wildman–Crippen MR) is 86.2 cm³/mol. The molecule has 0 heterocycles. The summed E-state index contributed by atoms with van der Waals surface area (Å²) < 4.78 is 11.4. The first-order chi connectivity index (χ1) is 9.84. The third-order valence-corrected chi connectivity index (χ3v) is 4.48. The summed E-state index contributed by atoms with van der Waals surface area (Å²) in [4.78, 5) is 24.1. The molecule has 0 aromatic carbocycles. The number of carbonyl (C=O) groups is 2. The van der Waals surface area contributed by atoms with Gasteiger partial charge in [-0.15, -0.1) is 0 Å². The lowest BCUT2D eigenvalue weighted by Gasteiger charge is -2.40. The number of ether oxygens (including phenoxy) is 2. The van der Waals surface area contributed by atoms with Crippen molar-refractivity contribution < 1.29 is 19.1 Å². The monoisotopic (exact) mass is 312 g/mol. The van der Waals surface area contributed by atoms with Crippen molar-refractivity contribution in [3.05, 3.63) is 0 Å². The Bertz CT molecular complexity index is 374. The van der Waals surface area contributed by atoms with Crippen LogP contribution in [0.1, 0.15) is 68.2 Å². The van der Waals surface area contributed by atoms with Crippen LogP contribution < -0.4 is 0 Å². The maximum Gasteiger partial charge on any atom is 0.311 e. The van der Waals surface area contributed by atoms with Crippen molar-refractivity contribution in [1.29, 1.82) is 0 Å². The highest BCUT2D eigenvalue weighted by molar-refractivity contribution is 5.76. The molecule has 0 aromatic rings. The van der Waals surface area contributed by atoms with Gasteiger partial charge in [-0.05, 0) is 66.2 Å². The average Bonchev–Trinajstić information content (AvgIpc) is 2.35. The van der Waals surface area contributed by atoms with E-state index in [2.05, 4.69) is 13.8 Å². The van der Waals surface area contributed by atoms with Crippen molar-refractivity contribution in [3.8, 4) is 0 Å². The summed E-state index contributed by atoms with van der Waals surface area (Å²) in [5, 5.41) is 0. The van der Waals surface area contributed by atoms with Gasteiger partial charge in [-0.2, -0.15) is 0 Å². The highest BCUT2D eigenvalue weighted by atomic mass is 16.6. The molecular formula is C18H32O4. The summed E-state index contributed by atoms with van der Waals surface area (Å²) in [7, 11) is 0. The number of rotatable bonds is 2. The molecule has 0 saturated heterocycles. The van der Waals surface area contributed by atoms with Crippen LogP contribution in [0.5, 0.6) is 0 Å². The smallest absolute Gasteiger partial charge is 0.311 e. The number of hydrogen-bond acceptors (Lipinski definition) is 4. The molecule has 1 rings (SSSR count). The fourth-order valence-corrected chi connectivity index (χ4v) is 2.49. The first-order valence-electron chi connectivity index (χ1n) is 8.26. The lowest BCUT2D eigenvalue weighted by molar-refractivity contribution is -0.176. The van der Waals surface area contributed by atoms with E-state index in [0.717, 1.165) is 12.8 Å². The minimum absolute atomic E-state index is 0.0914. The van der Waals surface area contributed by atoms with E-state index < -0.39 is 10.8 Å². The fourth-order valence-electron chi connectivity index (χ4n) is 2.49. The Morgan fingerprint density at radius 1 is 0.727 bits per heavy atom. The summed E-state index contributed by atoms with van der Waals surface area (Å²) in [5.74, 6) is 0.0269. The van der Waals surface area contributed by atoms with Gasteiger partial charge < -0.3 is 9.47 Å². The zero-order valence-corrected chi connectivity index (χ0v) is 15.4. The van der Waals surface area contributed by atoms with Crippen molar-refractivity contribution in [1.82, 2.24) is 0 Å². The Hall–Kier alpha value is -1.06. The molecule has 0 amide bonds. The standard InChI is InChI=1S/C18H32O4/c1-11-12(2)14(22-16(20)18(6,7)8)10-9-13(11)21-15(19)17(3,4)5/h11-14H,9-10H2,1-8H3. The zero-order chi connectivity index (χ0) is 17.3. The predicted octanol–water partition coefficient (Wildman–Crippen LogP) is 3.97. The van der Waals surface area contributed by atoms with Crippen LogP contribution in [0.2, 0.25) is 0 Å². The van der Waals surface area contributed by atoms with Crippen LogP contribution in [0.15, 0.2) is 0 Å². The number of esters is 2. The number of hydrogen-bond donors (Lipinski definition) is 0. The maximum atomic E-state index is 12.1. The van der Waals surface area contributed by atoms with Gasteiger partial charge in [0.25, 0.3) is 0 Å². The lowest BCUT2D eigenvalue weighted by Crippen LogP contribution is -2.44. The van der Waals surface area contributed by atoms with E-state index in [1.54, 1.807) is 0 Å². The third-order valence-electron chi connectivity index (χ3n) is 4.48. The molecule has 22 heavy (non-hydrogen) atoms. The number of carbonyl (C=O) groups excluding carboxylic acids is 2. The Labute approximate surface area is 134 Å². The first-order valence-corrected chi connectivity index (χ1v) is 8.26. The third kappa shape index (κ3) is 4.72. The van der Waals surface area contributed by atoms with E-state index in [0.29, 0.717) is 0 Å². The van der Waals surface area contributed by atoms with Gasteiger partial charge in [0.1, 0.15) is 12.2 Å². The Balaban J connectivity index is 2.66. The molecule has 0 N–H and O–H groups in total. The van der Waals surface area contributed by atoms with Crippen LogP contribution in [0, 0.1) is 22.7 Å². The molecule has 4 heteroatoms. The summed E-state index contributed by atoms with van der Waals surface area (Å²) in [6.07, 6.45) is 1.31. The highest BCUT2D eigenvalue weighted by Gasteiger charge is 2.40. The van der Waals surface area contributed by atoms with Gasteiger partial charge in [-0.3, -0.25) is 9.59 Å². The summed E-state index contributed by atoms with van der Waals surface area (Å²) in [6.45, 7) is 15.3. The summed E-state index contributed by atoms with van der Waals surface area (Å²) >= 11 is 0. The van der Waals surface area contributed by atoms with Crippen LogP contribution in [-0.2, 0) is 19.1 Å². The molecule has 1 aliphatic rings. The molecule has 1 fully saturated rings. The first kappa shape index (κ1) is 19.0. The largest absolute Gasteiger partial charge is 0.462 e. The molecule has 0 radical (unpaired) electrons. The van der Waals surface area contributed by atoms with Crippen LogP contribution in [0.25, 0.3) is 0 Å². The lowest BCUT2D eigenvalue weighted by atomic mass is 9.77. The van der Waals surface area contributed by atoms with E-state index in [1.807, 2.05) is 41.5 Å². The molecule has 0 aromatic heterocycles. The summed E-state index contributed by atoms with van der Waals surface area (Å²) in [6, 6.07) is 0. The Morgan fingerprint density at radius 2 is 1.00 bits per heavy atom. The molecule has 4 nitrogen and oxygen atoms in total. The molecule has 128 valence electrons. The topological polar surface area (TPSA) is 52.6 Å². The minimum Gasteiger partial charge on any atom is -0.462 e. The molecule has 0 aliphatic heterocycles. The van der Waals surface area contributed by atoms with Gasteiger partial charge in [0, 0.05) is 0 Å². The van der Waals surface area contributed by atoms with E-state index >= 15 is 0 Å². The van der Waals surface area contributed by atoms with Crippen LogP contribution >= 0.6 is 0 Å². The average molecular weight is 312 g/mol. The van der Waals surface area contributed by atoms with Gasteiger partial charge in [0.2, 0.25) is 0 Å². The molecule has 4 atom stereocenters. The molecule has 1 saturated carbocycles. The summed E-state index contributed by atoms with van der Waals surface area (Å²) in [5.41, 5.74) is -0.975. The second-order valence-corrected chi connectivity index (χ2v) is 8.68. The Kier molecular flexibility index (Phi) is 5.69. The van der Waals surface area contributed by atoms with E-state index in [9.17, 15) is 9.59 Å². The molecular weight excluding hydrogens is 280 g/mol. The highest BCUT2D eigenvalue weighted by Crippen LogP contribution is 2.36. The van der Waals surface area contributed by atoms with Gasteiger partial charge in [0.15, 0.2) is 0 Å². The zero-order valence-electron chi connectivity index (χ0n) is 15.4. The van der Waals surface area contributed by atoms with E-state index in [-0.39, 0.29) is 36.0 Å². The van der Waals surface area contributed by atoms with Crippen molar-refractivity contribution in [2.45, 2.75) is 80.4 Å². The van der Waals surface area contributed by atoms with E-state index in [1.165, 1.54) is 0 Å². The molecule has 4 unspecified atom stereocenters. The second-order valence-electron chi connectivity index (χ2n) is 8.68. The van der Waals surface area contributed by atoms with Gasteiger partial charge in [0.05, 0.1) is 10.8 Å². The van der Waals surface area contributed by atoms with Crippen LogP contribution in [0.4, 0.5) is 0 Å². The van der Waals surface area contributed by atoms with Crippen molar-refractivity contribution in [2.24, 2.45) is 22.7 Å². The maximum absolute atomic E-state index is 12.1. The normalized spacial score (nSPS) is 29.8. The minimum atomic E-state index is -0.488. The van der Waals surface area contributed by atoms with Crippen molar-refractivity contribution >= 4 is 11.9 Å². The van der Waals surface area contributed by atoms with Crippen LogP contribution in [0.3, 0.4) is 0 Å². The van der Waals surface area contributed by atoms with Gasteiger partial charge in [-0.1, -0.05) is 13.8 Å². The molecule has 0 bridgehead atoms. The van der Waals surface area contributed by atoms with Gasteiger partial charge in [-0.25, -0.2) is 0 Å². The molecule has 0 spiro atoms. The quantitative estimate of drug-likeness (QED) is 0.724.